The van der Waals surface area contributed by atoms with Crippen LogP contribution < -0.4 is 16.0 Å². The molecule has 0 saturated carbocycles. The SMILES string of the molecule is O=C1NCC(CNCC(F)F)Cn2nc3c(c21)CN(C(=O)Nc1ccc(F)c(Br)c1)CC3. The molecule has 172 valence electrons. The Balaban J connectivity index is 1.47. The topological polar surface area (TPSA) is 91.3 Å². The van der Waals surface area contributed by atoms with Gasteiger partial charge in [-0.1, -0.05) is 0 Å². The molecule has 1 aromatic carbocycles. The maximum absolute atomic E-state index is 13.4. The molecule has 32 heavy (non-hydrogen) atoms. The number of urea groups is 1. The fraction of sp³-hybridized carbons (Fsp3) is 0.450. The summed E-state index contributed by atoms with van der Waals surface area (Å²) in [4.78, 5) is 27.0. The van der Waals surface area contributed by atoms with Crippen molar-refractivity contribution >= 4 is 33.6 Å². The molecule has 0 bridgehead atoms. The number of benzene rings is 1. The number of anilines is 1. The molecule has 4 rings (SSSR count). The molecule has 1 unspecified atom stereocenters. The number of carbonyl (C=O) groups excluding carboxylic acids is 2. The van der Waals surface area contributed by atoms with E-state index >= 15 is 0 Å². The van der Waals surface area contributed by atoms with Gasteiger partial charge in [0.2, 0.25) is 0 Å². The highest BCUT2D eigenvalue weighted by atomic mass is 79.9. The molecule has 1 aromatic heterocycles. The molecule has 2 aromatic rings. The van der Waals surface area contributed by atoms with Crippen LogP contribution in [0.2, 0.25) is 0 Å². The highest BCUT2D eigenvalue weighted by Gasteiger charge is 2.32. The summed E-state index contributed by atoms with van der Waals surface area (Å²) < 4.78 is 40.1. The highest BCUT2D eigenvalue weighted by Crippen LogP contribution is 2.26. The van der Waals surface area contributed by atoms with Gasteiger partial charge < -0.3 is 20.9 Å². The first-order valence-corrected chi connectivity index (χ1v) is 11.0. The van der Waals surface area contributed by atoms with Gasteiger partial charge in [-0.15, -0.1) is 0 Å². The smallest absolute Gasteiger partial charge is 0.322 e. The van der Waals surface area contributed by atoms with Crippen molar-refractivity contribution in [3.63, 3.8) is 0 Å². The van der Waals surface area contributed by atoms with Crippen molar-refractivity contribution in [3.8, 4) is 0 Å². The first kappa shape index (κ1) is 22.6. The summed E-state index contributed by atoms with van der Waals surface area (Å²) in [6.07, 6.45) is -1.95. The lowest BCUT2D eigenvalue weighted by molar-refractivity contribution is 0.0944. The second-order valence-electron chi connectivity index (χ2n) is 7.81. The van der Waals surface area contributed by atoms with Crippen LogP contribution >= 0.6 is 15.9 Å². The quantitative estimate of drug-likeness (QED) is 0.571. The van der Waals surface area contributed by atoms with Crippen molar-refractivity contribution in [2.24, 2.45) is 5.92 Å². The Hall–Kier alpha value is -2.60. The Kier molecular flexibility index (Phi) is 6.70. The Morgan fingerprint density at radius 3 is 2.94 bits per heavy atom. The second-order valence-corrected chi connectivity index (χ2v) is 8.67. The summed E-state index contributed by atoms with van der Waals surface area (Å²) in [6, 6.07) is 3.83. The molecule has 3 N–H and O–H groups in total. The van der Waals surface area contributed by atoms with Crippen LogP contribution in [0.4, 0.5) is 23.7 Å². The lowest BCUT2D eigenvalue weighted by atomic mass is 10.1. The van der Waals surface area contributed by atoms with Crippen molar-refractivity contribution < 1.29 is 22.8 Å². The van der Waals surface area contributed by atoms with E-state index in [0.29, 0.717) is 49.5 Å². The third kappa shape index (κ3) is 4.90. The van der Waals surface area contributed by atoms with Crippen molar-refractivity contribution in [3.05, 3.63) is 45.4 Å². The summed E-state index contributed by atoms with van der Waals surface area (Å²) in [5.41, 5.74) is 2.29. The first-order chi connectivity index (χ1) is 15.3. The lowest BCUT2D eigenvalue weighted by Crippen LogP contribution is -2.39. The molecule has 0 fully saturated rings. The van der Waals surface area contributed by atoms with E-state index in [1.54, 1.807) is 9.58 Å². The maximum Gasteiger partial charge on any atom is 0.322 e. The molecule has 12 heteroatoms. The molecule has 2 aliphatic heterocycles. The predicted octanol–water partition coefficient (Wildman–Crippen LogP) is 2.59. The van der Waals surface area contributed by atoms with Gasteiger partial charge in [0.15, 0.2) is 0 Å². The van der Waals surface area contributed by atoms with E-state index in [1.807, 2.05) is 0 Å². The number of fused-ring (bicyclic) bond motifs is 3. The van der Waals surface area contributed by atoms with Crippen LogP contribution in [0.1, 0.15) is 21.7 Å². The zero-order chi connectivity index (χ0) is 22.8. The van der Waals surface area contributed by atoms with E-state index in [1.165, 1.54) is 18.2 Å². The number of aromatic nitrogens is 2. The van der Waals surface area contributed by atoms with Crippen LogP contribution in [0.25, 0.3) is 0 Å². The van der Waals surface area contributed by atoms with Crippen molar-refractivity contribution in [1.82, 2.24) is 25.3 Å². The number of rotatable bonds is 5. The highest BCUT2D eigenvalue weighted by molar-refractivity contribution is 9.10. The van der Waals surface area contributed by atoms with E-state index in [2.05, 4.69) is 37.0 Å². The van der Waals surface area contributed by atoms with Crippen LogP contribution in [0.15, 0.2) is 22.7 Å². The Labute approximate surface area is 190 Å². The average Bonchev–Trinajstić information content (AvgIpc) is 3.03. The molecule has 8 nitrogen and oxygen atoms in total. The zero-order valence-electron chi connectivity index (χ0n) is 17.0. The normalized spacial score (nSPS) is 18.1. The standard InChI is InChI=1S/C20H22BrF3N6O2/c21-14-5-12(1-2-15(14)22)27-20(32)29-4-3-16-13(10-29)18-19(31)26-7-11(9-30(18)28-16)6-25-8-17(23)24/h1-2,5,11,17,25H,3-4,6-10H2,(H,26,31)(H,27,32). The van der Waals surface area contributed by atoms with Gasteiger partial charge in [-0.05, 0) is 34.1 Å². The Morgan fingerprint density at radius 2 is 2.19 bits per heavy atom. The first-order valence-electron chi connectivity index (χ1n) is 10.2. The van der Waals surface area contributed by atoms with Gasteiger partial charge in [0.05, 0.1) is 23.3 Å². The van der Waals surface area contributed by atoms with E-state index in [0.717, 1.165) is 5.69 Å². The number of hydrogen-bond acceptors (Lipinski definition) is 4. The Morgan fingerprint density at radius 1 is 1.38 bits per heavy atom. The Bertz CT molecular complexity index is 1030. The fourth-order valence-corrected chi connectivity index (χ4v) is 4.30. The minimum Gasteiger partial charge on any atom is -0.350 e. The van der Waals surface area contributed by atoms with E-state index in [9.17, 15) is 22.8 Å². The average molecular weight is 515 g/mol. The van der Waals surface area contributed by atoms with Crippen LogP contribution in [-0.4, -0.2) is 59.2 Å². The van der Waals surface area contributed by atoms with Gasteiger partial charge in [-0.25, -0.2) is 18.0 Å². The molecule has 0 radical (unpaired) electrons. The summed E-state index contributed by atoms with van der Waals surface area (Å²) in [5.74, 6) is -0.807. The second kappa shape index (κ2) is 9.49. The minimum absolute atomic E-state index is 0.0865. The molecule has 3 heterocycles. The van der Waals surface area contributed by atoms with Crippen molar-refractivity contribution in [1.29, 1.82) is 0 Å². The predicted molar refractivity (Wildman–Crippen MR) is 114 cm³/mol. The largest absolute Gasteiger partial charge is 0.350 e. The summed E-state index contributed by atoms with van der Waals surface area (Å²) in [7, 11) is 0. The van der Waals surface area contributed by atoms with Gasteiger partial charge >= 0.3 is 6.03 Å². The zero-order valence-corrected chi connectivity index (χ0v) is 18.6. The summed E-state index contributed by atoms with van der Waals surface area (Å²) in [5, 5.41) is 12.9. The molecule has 1 atom stereocenters. The minimum atomic E-state index is -2.43. The molecule has 3 amide bonds. The van der Waals surface area contributed by atoms with Gasteiger partial charge in [-0.2, -0.15) is 5.10 Å². The molecule has 0 saturated heterocycles. The molecular weight excluding hydrogens is 493 g/mol. The number of nitrogens with zero attached hydrogens (tertiary/aromatic N) is 3. The summed E-state index contributed by atoms with van der Waals surface area (Å²) in [6.45, 7) is 1.31. The van der Waals surface area contributed by atoms with Crippen LogP contribution in [0, 0.1) is 11.7 Å². The number of nitrogens with one attached hydrogen (secondary N) is 3. The number of hydrogen-bond donors (Lipinski definition) is 3. The van der Waals surface area contributed by atoms with Gasteiger partial charge in [0, 0.05) is 49.8 Å². The molecule has 0 aliphatic carbocycles. The molecule has 0 spiro atoms. The van der Waals surface area contributed by atoms with Crippen molar-refractivity contribution in [2.75, 3.05) is 31.5 Å². The van der Waals surface area contributed by atoms with Crippen LogP contribution in [0.5, 0.6) is 0 Å². The third-order valence-electron chi connectivity index (χ3n) is 5.49. The fourth-order valence-electron chi connectivity index (χ4n) is 3.93. The monoisotopic (exact) mass is 514 g/mol. The van der Waals surface area contributed by atoms with E-state index in [-0.39, 0.29) is 28.9 Å². The van der Waals surface area contributed by atoms with E-state index < -0.39 is 18.8 Å². The number of carbonyl (C=O) groups is 2. The number of halogens is 4. The van der Waals surface area contributed by atoms with Crippen molar-refractivity contribution in [2.45, 2.75) is 25.9 Å². The molecule has 2 aliphatic rings. The number of amides is 3. The van der Waals surface area contributed by atoms with Gasteiger partial charge in [-0.3, -0.25) is 9.48 Å². The van der Waals surface area contributed by atoms with E-state index in [4.69, 9.17) is 0 Å². The summed E-state index contributed by atoms with van der Waals surface area (Å²) >= 11 is 3.09. The molecular formula is C20H22BrF3N6O2. The van der Waals surface area contributed by atoms with Gasteiger partial charge in [0.1, 0.15) is 11.5 Å². The van der Waals surface area contributed by atoms with Crippen LogP contribution in [-0.2, 0) is 19.5 Å². The van der Waals surface area contributed by atoms with Gasteiger partial charge in [0.25, 0.3) is 12.3 Å². The maximum atomic E-state index is 13.4. The van der Waals surface area contributed by atoms with Crippen LogP contribution in [0.3, 0.4) is 0 Å². The number of alkyl halides is 2. The lowest BCUT2D eigenvalue weighted by Gasteiger charge is -2.27. The third-order valence-corrected chi connectivity index (χ3v) is 6.10.